The summed E-state index contributed by atoms with van der Waals surface area (Å²) < 4.78 is 10.5. The van der Waals surface area contributed by atoms with Crippen molar-refractivity contribution in [2.75, 3.05) is 13.2 Å². The SMILES string of the molecule is Cc1cc(Cl)ccc1OCCCC(=O)OCC(=O)NC1CC1. The van der Waals surface area contributed by atoms with Gasteiger partial charge in [-0.25, -0.2) is 0 Å². The van der Waals surface area contributed by atoms with Crippen LogP contribution in [0.2, 0.25) is 5.02 Å². The van der Waals surface area contributed by atoms with Gasteiger partial charge in [-0.3, -0.25) is 9.59 Å². The average Bonchev–Trinajstić information content (AvgIpc) is 3.27. The van der Waals surface area contributed by atoms with Crippen molar-refractivity contribution in [2.45, 2.75) is 38.6 Å². The van der Waals surface area contributed by atoms with E-state index in [0.29, 0.717) is 18.1 Å². The van der Waals surface area contributed by atoms with Gasteiger partial charge in [-0.2, -0.15) is 0 Å². The lowest BCUT2D eigenvalue weighted by Crippen LogP contribution is -2.30. The summed E-state index contributed by atoms with van der Waals surface area (Å²) >= 11 is 5.87. The van der Waals surface area contributed by atoms with E-state index in [2.05, 4.69) is 5.32 Å². The van der Waals surface area contributed by atoms with Crippen LogP contribution in [-0.2, 0) is 14.3 Å². The van der Waals surface area contributed by atoms with Crippen molar-refractivity contribution in [1.29, 1.82) is 0 Å². The molecule has 0 aliphatic heterocycles. The minimum Gasteiger partial charge on any atom is -0.493 e. The Hall–Kier alpha value is -1.75. The molecule has 1 saturated carbocycles. The number of carbonyl (C=O) groups is 2. The third-order valence-electron chi connectivity index (χ3n) is 3.23. The maximum Gasteiger partial charge on any atom is 0.306 e. The second-order valence-corrected chi connectivity index (χ2v) is 5.80. The summed E-state index contributed by atoms with van der Waals surface area (Å²) in [6.07, 6.45) is 2.79. The van der Waals surface area contributed by atoms with E-state index in [1.807, 2.05) is 13.0 Å². The highest BCUT2D eigenvalue weighted by atomic mass is 35.5. The standard InChI is InChI=1S/C16H20ClNO4/c1-11-9-12(17)4-7-14(11)21-8-2-3-16(20)22-10-15(19)18-13-5-6-13/h4,7,9,13H,2-3,5-6,8,10H2,1H3,(H,18,19). The second-order valence-electron chi connectivity index (χ2n) is 5.36. The number of aryl methyl sites for hydroxylation is 1. The summed E-state index contributed by atoms with van der Waals surface area (Å²) in [7, 11) is 0. The lowest BCUT2D eigenvalue weighted by atomic mass is 10.2. The normalized spacial score (nSPS) is 13.5. The Morgan fingerprint density at radius 3 is 2.82 bits per heavy atom. The monoisotopic (exact) mass is 325 g/mol. The summed E-state index contributed by atoms with van der Waals surface area (Å²) in [5.41, 5.74) is 0.951. The highest BCUT2D eigenvalue weighted by Gasteiger charge is 2.23. The Morgan fingerprint density at radius 2 is 2.14 bits per heavy atom. The van der Waals surface area contributed by atoms with Crippen LogP contribution < -0.4 is 10.1 Å². The maximum atomic E-state index is 11.5. The van der Waals surface area contributed by atoms with Crippen LogP contribution in [0.4, 0.5) is 0 Å². The van der Waals surface area contributed by atoms with Crippen molar-refractivity contribution < 1.29 is 19.1 Å². The zero-order valence-corrected chi connectivity index (χ0v) is 13.3. The van der Waals surface area contributed by atoms with E-state index in [0.717, 1.165) is 24.2 Å². The molecular weight excluding hydrogens is 306 g/mol. The Bertz CT molecular complexity index is 543. The second kappa shape index (κ2) is 8.03. The molecule has 0 aromatic heterocycles. The predicted octanol–water partition coefficient (Wildman–Crippen LogP) is 2.63. The van der Waals surface area contributed by atoms with Crippen molar-refractivity contribution in [1.82, 2.24) is 5.32 Å². The fourth-order valence-electron chi connectivity index (χ4n) is 1.89. The molecule has 22 heavy (non-hydrogen) atoms. The number of halogens is 1. The molecule has 0 radical (unpaired) electrons. The van der Waals surface area contributed by atoms with Crippen molar-refractivity contribution in [3.8, 4) is 5.75 Å². The lowest BCUT2D eigenvalue weighted by molar-refractivity contribution is -0.148. The third-order valence-corrected chi connectivity index (χ3v) is 3.46. The van der Waals surface area contributed by atoms with Crippen molar-refractivity contribution in [2.24, 2.45) is 0 Å². The Balaban J connectivity index is 1.57. The van der Waals surface area contributed by atoms with Gasteiger partial charge in [-0.15, -0.1) is 0 Å². The third kappa shape index (κ3) is 5.93. The van der Waals surface area contributed by atoms with E-state index >= 15 is 0 Å². The molecule has 1 N–H and O–H groups in total. The minimum absolute atomic E-state index is 0.202. The molecule has 0 saturated heterocycles. The van der Waals surface area contributed by atoms with Crippen molar-refractivity contribution in [3.05, 3.63) is 28.8 Å². The number of rotatable bonds is 8. The van der Waals surface area contributed by atoms with Gasteiger partial charge in [0.15, 0.2) is 6.61 Å². The molecule has 1 aliphatic rings. The molecular formula is C16H20ClNO4. The first kappa shape index (κ1) is 16.6. The van der Waals surface area contributed by atoms with E-state index in [9.17, 15) is 9.59 Å². The van der Waals surface area contributed by atoms with Crippen LogP contribution in [-0.4, -0.2) is 31.1 Å². The summed E-state index contributed by atoms with van der Waals surface area (Å²) in [4.78, 5) is 22.9. The van der Waals surface area contributed by atoms with Gasteiger partial charge in [-0.05, 0) is 49.9 Å². The molecule has 1 amide bonds. The smallest absolute Gasteiger partial charge is 0.306 e. The number of esters is 1. The summed E-state index contributed by atoms with van der Waals surface area (Å²) in [5.74, 6) is 0.132. The predicted molar refractivity (Wildman–Crippen MR) is 83.0 cm³/mol. The molecule has 5 nitrogen and oxygen atoms in total. The first-order valence-electron chi connectivity index (χ1n) is 7.38. The topological polar surface area (TPSA) is 64.6 Å². The van der Waals surface area contributed by atoms with Gasteiger partial charge >= 0.3 is 5.97 Å². The first-order chi connectivity index (χ1) is 10.5. The van der Waals surface area contributed by atoms with Crippen molar-refractivity contribution in [3.63, 3.8) is 0 Å². The van der Waals surface area contributed by atoms with Gasteiger partial charge in [0, 0.05) is 17.5 Å². The lowest BCUT2D eigenvalue weighted by Gasteiger charge is -2.09. The van der Waals surface area contributed by atoms with Gasteiger partial charge in [-0.1, -0.05) is 11.6 Å². The van der Waals surface area contributed by atoms with E-state index in [1.165, 1.54) is 0 Å². The van der Waals surface area contributed by atoms with Crippen LogP contribution >= 0.6 is 11.6 Å². The highest BCUT2D eigenvalue weighted by molar-refractivity contribution is 6.30. The van der Waals surface area contributed by atoms with E-state index in [-0.39, 0.29) is 30.9 Å². The van der Waals surface area contributed by atoms with Crippen LogP contribution in [0.25, 0.3) is 0 Å². The number of ether oxygens (including phenoxy) is 2. The Kier molecular flexibility index (Phi) is 6.07. The van der Waals surface area contributed by atoms with Crippen LogP contribution in [0.5, 0.6) is 5.75 Å². The van der Waals surface area contributed by atoms with Crippen molar-refractivity contribution >= 4 is 23.5 Å². The van der Waals surface area contributed by atoms with Gasteiger partial charge < -0.3 is 14.8 Å². The quantitative estimate of drug-likeness (QED) is 0.589. The molecule has 6 heteroatoms. The fourth-order valence-corrected chi connectivity index (χ4v) is 2.12. The zero-order valence-electron chi connectivity index (χ0n) is 12.6. The van der Waals surface area contributed by atoms with Gasteiger partial charge in [0.2, 0.25) is 0 Å². The molecule has 2 rings (SSSR count). The molecule has 120 valence electrons. The number of amides is 1. The first-order valence-corrected chi connectivity index (χ1v) is 7.76. The average molecular weight is 326 g/mol. The van der Waals surface area contributed by atoms with Gasteiger partial charge in [0.25, 0.3) is 5.91 Å². The van der Waals surface area contributed by atoms with E-state index < -0.39 is 0 Å². The largest absolute Gasteiger partial charge is 0.493 e. The van der Waals surface area contributed by atoms with E-state index in [4.69, 9.17) is 21.1 Å². The zero-order chi connectivity index (χ0) is 15.9. The van der Waals surface area contributed by atoms with Gasteiger partial charge in [0.05, 0.1) is 6.61 Å². The van der Waals surface area contributed by atoms with Crippen LogP contribution in [0.3, 0.4) is 0 Å². The van der Waals surface area contributed by atoms with Gasteiger partial charge in [0.1, 0.15) is 5.75 Å². The number of hydrogen-bond acceptors (Lipinski definition) is 4. The molecule has 0 heterocycles. The number of benzene rings is 1. The summed E-state index contributed by atoms with van der Waals surface area (Å²) in [6.45, 7) is 2.12. The molecule has 0 atom stereocenters. The molecule has 0 unspecified atom stereocenters. The number of nitrogens with one attached hydrogen (secondary N) is 1. The molecule has 1 aromatic rings. The number of hydrogen-bond donors (Lipinski definition) is 1. The molecule has 0 spiro atoms. The molecule has 1 aliphatic carbocycles. The Labute approximate surface area is 134 Å². The fraction of sp³-hybridized carbons (Fsp3) is 0.500. The molecule has 1 aromatic carbocycles. The molecule has 0 bridgehead atoms. The molecule has 1 fully saturated rings. The van der Waals surface area contributed by atoms with E-state index in [1.54, 1.807) is 12.1 Å². The summed E-state index contributed by atoms with van der Waals surface area (Å²) in [5, 5.41) is 3.42. The van der Waals surface area contributed by atoms with Crippen LogP contribution in [0, 0.1) is 6.92 Å². The maximum absolute atomic E-state index is 11.5. The number of carbonyl (C=O) groups excluding carboxylic acids is 2. The summed E-state index contributed by atoms with van der Waals surface area (Å²) in [6, 6.07) is 5.67. The van der Waals surface area contributed by atoms with Crippen LogP contribution in [0.15, 0.2) is 18.2 Å². The van der Waals surface area contributed by atoms with Crippen LogP contribution in [0.1, 0.15) is 31.2 Å². The highest BCUT2D eigenvalue weighted by Crippen LogP contribution is 2.22. The minimum atomic E-state index is -0.387. The Morgan fingerprint density at radius 1 is 1.36 bits per heavy atom.